The first-order valence-electron chi connectivity index (χ1n) is 6.88. The summed E-state index contributed by atoms with van der Waals surface area (Å²) < 4.78 is 0. The number of urea groups is 1. The van der Waals surface area contributed by atoms with E-state index in [1.807, 2.05) is 6.92 Å². The monoisotopic (exact) mass is 272 g/mol. The quantitative estimate of drug-likeness (QED) is 0.700. The molecule has 2 amide bonds. The van der Waals surface area contributed by atoms with Gasteiger partial charge in [0, 0.05) is 26.1 Å². The van der Waals surface area contributed by atoms with Gasteiger partial charge >= 0.3 is 12.0 Å². The first-order valence-corrected chi connectivity index (χ1v) is 6.88. The number of carboxylic acid groups (broad SMARTS) is 1. The molecule has 0 saturated heterocycles. The van der Waals surface area contributed by atoms with E-state index < -0.39 is 5.97 Å². The second kappa shape index (κ2) is 8.02. The van der Waals surface area contributed by atoms with Crippen LogP contribution >= 0.6 is 0 Å². The van der Waals surface area contributed by atoms with Gasteiger partial charge in [0.05, 0.1) is 0 Å². The molecular weight excluding hydrogens is 244 g/mol. The Kier molecular flexibility index (Phi) is 7.49. The Bertz CT molecular complexity index is 298. The Morgan fingerprint density at radius 3 is 2.26 bits per heavy atom. The molecular formula is C14H28N2O3. The van der Waals surface area contributed by atoms with Gasteiger partial charge in [-0.1, -0.05) is 27.2 Å². The lowest BCUT2D eigenvalue weighted by Crippen LogP contribution is -2.47. The van der Waals surface area contributed by atoms with Crippen LogP contribution in [0.3, 0.4) is 0 Å². The highest BCUT2D eigenvalue weighted by Gasteiger charge is 2.26. The van der Waals surface area contributed by atoms with Gasteiger partial charge in [-0.2, -0.15) is 0 Å². The molecule has 0 aromatic carbocycles. The molecule has 1 unspecified atom stereocenters. The number of hydrogen-bond donors (Lipinski definition) is 2. The van der Waals surface area contributed by atoms with E-state index in [1.54, 1.807) is 11.9 Å². The SMILES string of the molecule is CC(N(C)C(=O)NCCCCCC(=O)O)C(C)(C)C. The summed E-state index contributed by atoms with van der Waals surface area (Å²) in [5.74, 6) is -0.761. The molecule has 1 atom stereocenters. The second-order valence-electron chi connectivity index (χ2n) is 6.09. The van der Waals surface area contributed by atoms with Gasteiger partial charge in [-0.3, -0.25) is 4.79 Å². The lowest BCUT2D eigenvalue weighted by Gasteiger charge is -2.35. The maximum atomic E-state index is 11.9. The molecule has 0 aliphatic rings. The van der Waals surface area contributed by atoms with Crippen LogP contribution in [0.4, 0.5) is 4.79 Å². The number of carbonyl (C=O) groups excluding carboxylic acids is 1. The Balaban J connectivity index is 3.83. The molecule has 0 radical (unpaired) electrons. The lowest BCUT2D eigenvalue weighted by molar-refractivity contribution is -0.137. The number of hydrogen-bond acceptors (Lipinski definition) is 2. The summed E-state index contributed by atoms with van der Waals surface area (Å²) >= 11 is 0. The van der Waals surface area contributed by atoms with Crippen LogP contribution in [0, 0.1) is 5.41 Å². The molecule has 2 N–H and O–H groups in total. The van der Waals surface area contributed by atoms with E-state index in [9.17, 15) is 9.59 Å². The Morgan fingerprint density at radius 1 is 1.21 bits per heavy atom. The predicted molar refractivity (Wildman–Crippen MR) is 76.2 cm³/mol. The maximum absolute atomic E-state index is 11.9. The number of amides is 2. The highest BCUT2D eigenvalue weighted by Crippen LogP contribution is 2.22. The number of rotatable bonds is 7. The van der Waals surface area contributed by atoms with Crippen molar-refractivity contribution in [3.63, 3.8) is 0 Å². The smallest absolute Gasteiger partial charge is 0.317 e. The molecule has 5 heteroatoms. The molecule has 112 valence electrons. The van der Waals surface area contributed by atoms with E-state index >= 15 is 0 Å². The topological polar surface area (TPSA) is 69.6 Å². The summed E-state index contributed by atoms with van der Waals surface area (Å²) in [5.41, 5.74) is 0.0492. The van der Waals surface area contributed by atoms with Crippen molar-refractivity contribution in [1.29, 1.82) is 0 Å². The van der Waals surface area contributed by atoms with Crippen LogP contribution in [0.15, 0.2) is 0 Å². The zero-order chi connectivity index (χ0) is 15.1. The largest absolute Gasteiger partial charge is 0.481 e. The number of aliphatic carboxylic acids is 1. The van der Waals surface area contributed by atoms with Crippen LogP contribution in [0.5, 0.6) is 0 Å². The van der Waals surface area contributed by atoms with Crippen molar-refractivity contribution in [3.8, 4) is 0 Å². The molecule has 0 aliphatic carbocycles. The van der Waals surface area contributed by atoms with Crippen molar-refractivity contribution in [1.82, 2.24) is 10.2 Å². The minimum atomic E-state index is -0.761. The Morgan fingerprint density at radius 2 is 1.79 bits per heavy atom. The predicted octanol–water partition coefficient (Wildman–Crippen LogP) is 2.71. The van der Waals surface area contributed by atoms with Crippen LogP contribution in [-0.2, 0) is 4.79 Å². The van der Waals surface area contributed by atoms with Gasteiger partial charge in [0.15, 0.2) is 0 Å². The molecule has 0 saturated carbocycles. The number of carbonyl (C=O) groups is 2. The van der Waals surface area contributed by atoms with Crippen LogP contribution < -0.4 is 5.32 Å². The van der Waals surface area contributed by atoms with Crippen molar-refractivity contribution in [3.05, 3.63) is 0 Å². The zero-order valence-electron chi connectivity index (χ0n) is 12.8. The van der Waals surface area contributed by atoms with Crippen LogP contribution in [-0.4, -0.2) is 41.6 Å². The second-order valence-corrected chi connectivity index (χ2v) is 6.09. The van der Waals surface area contributed by atoms with E-state index in [1.165, 1.54) is 0 Å². The maximum Gasteiger partial charge on any atom is 0.317 e. The van der Waals surface area contributed by atoms with Gasteiger partial charge in [-0.25, -0.2) is 4.79 Å². The van der Waals surface area contributed by atoms with Crippen molar-refractivity contribution in [2.45, 2.75) is 59.4 Å². The minimum Gasteiger partial charge on any atom is -0.481 e. The highest BCUT2D eigenvalue weighted by molar-refractivity contribution is 5.74. The highest BCUT2D eigenvalue weighted by atomic mass is 16.4. The number of nitrogens with one attached hydrogen (secondary N) is 1. The summed E-state index contributed by atoms with van der Waals surface area (Å²) in [4.78, 5) is 23.9. The third-order valence-electron chi connectivity index (χ3n) is 3.50. The van der Waals surface area contributed by atoms with Gasteiger partial charge in [0.25, 0.3) is 0 Å². The molecule has 0 heterocycles. The first-order chi connectivity index (χ1) is 8.66. The standard InChI is InChI=1S/C14H28N2O3/c1-11(14(2,3)4)16(5)13(19)15-10-8-6-7-9-12(17)18/h11H,6-10H2,1-5H3,(H,15,19)(H,17,18). The lowest BCUT2D eigenvalue weighted by atomic mass is 9.87. The van der Waals surface area contributed by atoms with E-state index in [0.717, 1.165) is 12.8 Å². The van der Waals surface area contributed by atoms with Gasteiger partial charge in [-0.05, 0) is 25.2 Å². The summed E-state index contributed by atoms with van der Waals surface area (Å²) in [5, 5.41) is 11.4. The van der Waals surface area contributed by atoms with Gasteiger partial charge < -0.3 is 15.3 Å². The first kappa shape index (κ1) is 17.7. The van der Waals surface area contributed by atoms with Crippen molar-refractivity contribution < 1.29 is 14.7 Å². The van der Waals surface area contributed by atoms with E-state index in [4.69, 9.17) is 5.11 Å². The molecule has 0 rings (SSSR count). The zero-order valence-corrected chi connectivity index (χ0v) is 12.8. The van der Waals surface area contributed by atoms with Crippen LogP contribution in [0.1, 0.15) is 53.4 Å². The molecule has 0 aliphatic heterocycles. The molecule has 0 aromatic rings. The molecule has 19 heavy (non-hydrogen) atoms. The molecule has 0 spiro atoms. The fourth-order valence-electron chi connectivity index (χ4n) is 1.65. The minimum absolute atomic E-state index is 0.0492. The fraction of sp³-hybridized carbons (Fsp3) is 0.857. The van der Waals surface area contributed by atoms with Crippen molar-refractivity contribution >= 4 is 12.0 Å². The summed E-state index contributed by atoms with van der Waals surface area (Å²) in [6, 6.07) is 0.0835. The summed E-state index contributed by atoms with van der Waals surface area (Å²) in [6.07, 6.45) is 2.51. The fourth-order valence-corrected chi connectivity index (χ4v) is 1.65. The van der Waals surface area contributed by atoms with Crippen molar-refractivity contribution in [2.24, 2.45) is 5.41 Å². The van der Waals surface area contributed by atoms with E-state index in [-0.39, 0.29) is 23.9 Å². The summed E-state index contributed by atoms with van der Waals surface area (Å²) in [7, 11) is 1.80. The van der Waals surface area contributed by atoms with E-state index in [2.05, 4.69) is 26.1 Å². The molecule has 0 fully saturated rings. The number of unbranched alkanes of at least 4 members (excludes halogenated alkanes) is 2. The van der Waals surface area contributed by atoms with Crippen molar-refractivity contribution in [2.75, 3.05) is 13.6 Å². The third kappa shape index (κ3) is 7.70. The Hall–Kier alpha value is -1.26. The molecule has 5 nitrogen and oxygen atoms in total. The van der Waals surface area contributed by atoms with Gasteiger partial charge in [-0.15, -0.1) is 0 Å². The normalized spacial score (nSPS) is 12.9. The van der Waals surface area contributed by atoms with Crippen LogP contribution in [0.25, 0.3) is 0 Å². The van der Waals surface area contributed by atoms with Gasteiger partial charge in [0.1, 0.15) is 0 Å². The van der Waals surface area contributed by atoms with Gasteiger partial charge in [0.2, 0.25) is 0 Å². The average molecular weight is 272 g/mol. The molecule has 0 bridgehead atoms. The number of carboxylic acids is 1. The third-order valence-corrected chi connectivity index (χ3v) is 3.50. The average Bonchev–Trinajstić information content (AvgIpc) is 2.29. The van der Waals surface area contributed by atoms with E-state index in [0.29, 0.717) is 13.0 Å². The van der Waals surface area contributed by atoms with Crippen LogP contribution in [0.2, 0.25) is 0 Å². The summed E-state index contributed by atoms with van der Waals surface area (Å²) in [6.45, 7) is 8.94. The number of nitrogens with zero attached hydrogens (tertiary/aromatic N) is 1. The Labute approximate surface area is 116 Å². The molecule has 0 aromatic heterocycles.